The van der Waals surface area contributed by atoms with Crippen LogP contribution in [0.5, 0.6) is 0 Å². The number of amides is 1. The summed E-state index contributed by atoms with van der Waals surface area (Å²) in [6, 6.07) is 11.1. The van der Waals surface area contributed by atoms with Crippen LogP contribution in [0, 0.1) is 6.92 Å². The molecule has 1 N–H and O–H groups in total. The molecule has 0 bridgehead atoms. The van der Waals surface area contributed by atoms with Gasteiger partial charge in [-0.15, -0.1) is 0 Å². The molecule has 0 aliphatic heterocycles. The van der Waals surface area contributed by atoms with Crippen molar-refractivity contribution in [1.82, 2.24) is 29.5 Å². The molecule has 1 aromatic carbocycles. The maximum Gasteiger partial charge on any atom is 0.413 e. The maximum absolute atomic E-state index is 12.1. The van der Waals surface area contributed by atoms with Crippen molar-refractivity contribution in [3.8, 4) is 0 Å². The number of aromatic nitrogens is 6. The number of hydrogen-bond donors (Lipinski definition) is 1. The molecule has 1 amide bonds. The highest BCUT2D eigenvalue weighted by molar-refractivity contribution is 6.29. The molecule has 0 radical (unpaired) electrons. The molecule has 0 aliphatic carbocycles. The zero-order valence-corrected chi connectivity index (χ0v) is 16.2. The summed E-state index contributed by atoms with van der Waals surface area (Å²) in [6.07, 6.45) is 2.30. The van der Waals surface area contributed by atoms with E-state index in [2.05, 4.69) is 30.2 Å². The van der Waals surface area contributed by atoms with Crippen molar-refractivity contribution in [2.75, 3.05) is 5.32 Å². The van der Waals surface area contributed by atoms with Crippen molar-refractivity contribution in [3.63, 3.8) is 0 Å². The Bertz CT molecular complexity index is 1140. The van der Waals surface area contributed by atoms with Crippen LogP contribution in [0.4, 0.5) is 10.6 Å². The molecule has 0 saturated heterocycles. The van der Waals surface area contributed by atoms with Gasteiger partial charge in [0.2, 0.25) is 0 Å². The van der Waals surface area contributed by atoms with Crippen LogP contribution in [0.25, 0.3) is 11.2 Å². The normalized spacial score (nSPS) is 10.8. The molecule has 4 rings (SSSR count). The van der Waals surface area contributed by atoms with Crippen molar-refractivity contribution in [1.29, 1.82) is 0 Å². The largest absolute Gasteiger partial charge is 0.444 e. The Morgan fingerprint density at radius 1 is 1.17 bits per heavy atom. The first-order valence-electron chi connectivity index (χ1n) is 8.72. The second-order valence-electron chi connectivity index (χ2n) is 6.20. The van der Waals surface area contributed by atoms with E-state index in [9.17, 15) is 4.79 Å². The van der Waals surface area contributed by atoms with Crippen LogP contribution in [0.2, 0.25) is 5.15 Å². The number of benzene rings is 1. The van der Waals surface area contributed by atoms with Crippen molar-refractivity contribution in [3.05, 3.63) is 71.3 Å². The fourth-order valence-corrected chi connectivity index (χ4v) is 3.01. The van der Waals surface area contributed by atoms with Gasteiger partial charge in [0.15, 0.2) is 17.0 Å². The number of aryl methyl sites for hydroxylation is 1. The van der Waals surface area contributed by atoms with Crippen LogP contribution in [0.3, 0.4) is 0 Å². The van der Waals surface area contributed by atoms with Crippen molar-refractivity contribution >= 4 is 34.7 Å². The zero-order valence-electron chi connectivity index (χ0n) is 15.4. The Morgan fingerprint density at radius 2 is 2.00 bits per heavy atom. The van der Waals surface area contributed by atoms with E-state index in [1.54, 1.807) is 17.0 Å². The Kier molecular flexibility index (Phi) is 5.30. The lowest BCUT2D eigenvalue weighted by Crippen LogP contribution is -2.15. The van der Waals surface area contributed by atoms with E-state index in [0.29, 0.717) is 28.7 Å². The standard InChI is InChI=1S/C19H16ClN7O2/c1-12-7-14(20)25-15(24-12)8-27-11-23-16-17(21-10-22-18(16)27)26-19(28)29-9-13-5-3-2-4-6-13/h2-7,10-11H,8-9H2,1H3,(H,21,22,26,28). The minimum atomic E-state index is -0.628. The van der Waals surface area contributed by atoms with Crippen LogP contribution < -0.4 is 5.32 Å². The van der Waals surface area contributed by atoms with Gasteiger partial charge in [-0.2, -0.15) is 0 Å². The monoisotopic (exact) mass is 409 g/mol. The fraction of sp³-hybridized carbons (Fsp3) is 0.158. The number of ether oxygens (including phenoxy) is 1. The third-order valence-electron chi connectivity index (χ3n) is 4.02. The van der Waals surface area contributed by atoms with Gasteiger partial charge in [0.1, 0.15) is 23.9 Å². The van der Waals surface area contributed by atoms with E-state index in [1.165, 1.54) is 6.33 Å². The summed E-state index contributed by atoms with van der Waals surface area (Å²) in [6.45, 7) is 2.32. The molecule has 9 nitrogen and oxygen atoms in total. The molecule has 0 atom stereocenters. The van der Waals surface area contributed by atoms with E-state index in [1.807, 2.05) is 37.3 Å². The summed E-state index contributed by atoms with van der Waals surface area (Å²) >= 11 is 6.00. The molecule has 146 valence electrons. The third kappa shape index (κ3) is 4.46. The molecule has 0 aliphatic rings. The molecule has 0 fully saturated rings. The van der Waals surface area contributed by atoms with Crippen LogP contribution in [0.15, 0.2) is 49.1 Å². The fourth-order valence-electron chi connectivity index (χ4n) is 2.76. The maximum atomic E-state index is 12.1. The van der Waals surface area contributed by atoms with E-state index >= 15 is 0 Å². The van der Waals surface area contributed by atoms with E-state index in [4.69, 9.17) is 16.3 Å². The number of hydrogen-bond acceptors (Lipinski definition) is 7. The van der Waals surface area contributed by atoms with Crippen molar-refractivity contribution in [2.24, 2.45) is 0 Å². The number of halogens is 1. The van der Waals surface area contributed by atoms with Gasteiger partial charge in [-0.25, -0.2) is 29.7 Å². The average molecular weight is 410 g/mol. The van der Waals surface area contributed by atoms with Gasteiger partial charge < -0.3 is 9.30 Å². The topological polar surface area (TPSA) is 108 Å². The molecule has 0 unspecified atom stereocenters. The number of nitrogens with zero attached hydrogens (tertiary/aromatic N) is 6. The molecule has 3 aromatic heterocycles. The molecule has 0 spiro atoms. The van der Waals surface area contributed by atoms with Crippen LogP contribution >= 0.6 is 11.6 Å². The van der Waals surface area contributed by atoms with Gasteiger partial charge in [0, 0.05) is 5.69 Å². The van der Waals surface area contributed by atoms with E-state index in [-0.39, 0.29) is 12.4 Å². The number of anilines is 1. The number of fused-ring (bicyclic) bond motifs is 1. The lowest BCUT2D eigenvalue weighted by atomic mass is 10.2. The van der Waals surface area contributed by atoms with Gasteiger partial charge >= 0.3 is 6.09 Å². The molecular weight excluding hydrogens is 394 g/mol. The Balaban J connectivity index is 1.50. The molecular formula is C19H16ClN7O2. The SMILES string of the molecule is Cc1cc(Cl)nc(Cn2cnc3c(NC(=O)OCc4ccccc4)ncnc32)n1. The molecule has 29 heavy (non-hydrogen) atoms. The summed E-state index contributed by atoms with van der Waals surface area (Å²) < 4.78 is 6.98. The van der Waals surface area contributed by atoms with Gasteiger partial charge in [0.25, 0.3) is 0 Å². The highest BCUT2D eigenvalue weighted by Gasteiger charge is 2.14. The van der Waals surface area contributed by atoms with Gasteiger partial charge in [-0.3, -0.25) is 5.32 Å². The molecule has 10 heteroatoms. The quantitative estimate of drug-likeness (QED) is 0.503. The Morgan fingerprint density at radius 3 is 2.79 bits per heavy atom. The van der Waals surface area contributed by atoms with Crippen LogP contribution in [0.1, 0.15) is 17.1 Å². The third-order valence-corrected chi connectivity index (χ3v) is 4.21. The second kappa shape index (κ2) is 8.19. The van der Waals surface area contributed by atoms with Gasteiger partial charge in [0.05, 0.1) is 12.9 Å². The van der Waals surface area contributed by atoms with Crippen molar-refractivity contribution < 1.29 is 9.53 Å². The number of carbonyl (C=O) groups is 1. The van der Waals surface area contributed by atoms with E-state index in [0.717, 1.165) is 11.3 Å². The zero-order chi connectivity index (χ0) is 20.2. The minimum absolute atomic E-state index is 0.154. The number of rotatable bonds is 5. The van der Waals surface area contributed by atoms with Crippen molar-refractivity contribution in [2.45, 2.75) is 20.1 Å². The number of carbonyl (C=O) groups excluding carboxylic acids is 1. The lowest BCUT2D eigenvalue weighted by Gasteiger charge is -2.07. The average Bonchev–Trinajstić information content (AvgIpc) is 3.10. The molecule has 4 aromatic rings. The Hall–Kier alpha value is -3.59. The predicted molar refractivity (Wildman–Crippen MR) is 106 cm³/mol. The van der Waals surface area contributed by atoms with Crippen LogP contribution in [-0.2, 0) is 17.9 Å². The molecule has 0 saturated carbocycles. The summed E-state index contributed by atoms with van der Waals surface area (Å²) in [7, 11) is 0. The lowest BCUT2D eigenvalue weighted by molar-refractivity contribution is 0.155. The second-order valence-corrected chi connectivity index (χ2v) is 6.59. The first-order valence-corrected chi connectivity index (χ1v) is 9.10. The predicted octanol–water partition coefficient (Wildman–Crippen LogP) is 3.38. The van der Waals surface area contributed by atoms with E-state index < -0.39 is 6.09 Å². The summed E-state index contributed by atoms with van der Waals surface area (Å²) in [5.74, 6) is 0.791. The van der Waals surface area contributed by atoms with Gasteiger partial charge in [-0.05, 0) is 18.6 Å². The smallest absolute Gasteiger partial charge is 0.413 e. The molecule has 3 heterocycles. The first-order chi connectivity index (χ1) is 14.1. The first kappa shape index (κ1) is 18.8. The van der Waals surface area contributed by atoms with Gasteiger partial charge in [-0.1, -0.05) is 41.9 Å². The summed E-state index contributed by atoms with van der Waals surface area (Å²) in [4.78, 5) is 33.4. The number of imidazole rings is 1. The number of nitrogens with one attached hydrogen (secondary N) is 1. The highest BCUT2D eigenvalue weighted by atomic mass is 35.5. The minimum Gasteiger partial charge on any atom is -0.444 e. The van der Waals surface area contributed by atoms with Crippen LogP contribution in [-0.4, -0.2) is 35.6 Å². The highest BCUT2D eigenvalue weighted by Crippen LogP contribution is 2.19. The Labute approximate surface area is 170 Å². The summed E-state index contributed by atoms with van der Waals surface area (Å²) in [5, 5.41) is 2.98. The summed E-state index contributed by atoms with van der Waals surface area (Å²) in [5.41, 5.74) is 2.61.